The van der Waals surface area contributed by atoms with Crippen molar-refractivity contribution in [3.05, 3.63) is 11.7 Å². The van der Waals surface area contributed by atoms with Gasteiger partial charge in [0.1, 0.15) is 6.61 Å². The summed E-state index contributed by atoms with van der Waals surface area (Å²) in [5.41, 5.74) is 0. The minimum absolute atomic E-state index is 0.301. The highest BCUT2D eigenvalue weighted by molar-refractivity contribution is 4.85. The Labute approximate surface area is 101 Å². The van der Waals surface area contributed by atoms with E-state index in [1.165, 1.54) is 0 Å². The average molecular weight is 241 g/mol. The Kier molecular flexibility index (Phi) is 4.47. The fourth-order valence-electron chi connectivity index (χ4n) is 1.93. The lowest BCUT2D eigenvalue weighted by Crippen LogP contribution is -2.36. The number of methoxy groups -OCH3 is 1. The molecule has 0 saturated carbocycles. The van der Waals surface area contributed by atoms with E-state index in [0.717, 1.165) is 19.4 Å². The molecule has 1 aliphatic heterocycles. The average Bonchev–Trinajstić information content (AvgIpc) is 2.97. The highest BCUT2D eigenvalue weighted by Crippen LogP contribution is 2.15. The quantitative estimate of drug-likeness (QED) is 0.797. The predicted molar refractivity (Wildman–Crippen MR) is 60.3 cm³/mol. The van der Waals surface area contributed by atoms with E-state index in [9.17, 15) is 0 Å². The van der Waals surface area contributed by atoms with Crippen LogP contribution in [-0.2, 0) is 22.6 Å². The molecule has 0 radical (unpaired) electrons. The molecule has 0 aromatic carbocycles. The van der Waals surface area contributed by atoms with Gasteiger partial charge in [-0.1, -0.05) is 5.16 Å². The highest BCUT2D eigenvalue weighted by atomic mass is 16.5. The summed E-state index contributed by atoms with van der Waals surface area (Å²) in [5.74, 6) is 1.16. The molecule has 6 heteroatoms. The van der Waals surface area contributed by atoms with Gasteiger partial charge in [0.25, 0.3) is 0 Å². The van der Waals surface area contributed by atoms with E-state index in [4.69, 9.17) is 14.0 Å². The van der Waals surface area contributed by atoms with Crippen molar-refractivity contribution in [2.24, 2.45) is 0 Å². The molecule has 6 nitrogen and oxygen atoms in total. The molecular formula is C11H19N3O3. The Bertz CT molecular complexity index is 336. The van der Waals surface area contributed by atoms with Crippen LogP contribution in [0.1, 0.15) is 31.5 Å². The number of hydrogen-bond donors (Lipinski definition) is 1. The number of hydrogen-bond acceptors (Lipinski definition) is 6. The molecule has 0 aliphatic carbocycles. The molecule has 1 aliphatic rings. The van der Waals surface area contributed by atoms with E-state index in [0.29, 0.717) is 37.0 Å². The largest absolute Gasteiger partial charge is 0.377 e. The van der Waals surface area contributed by atoms with Crippen molar-refractivity contribution in [3.63, 3.8) is 0 Å². The standard InChI is InChI=1S/C11H19N3O3/c1-8(9-4-3-5-16-9)12-6-11-13-10(7-15-2)14-17-11/h8-9,12H,3-7H2,1-2H3/t8-,9+/m0/s1. The summed E-state index contributed by atoms with van der Waals surface area (Å²) in [7, 11) is 1.60. The molecule has 0 spiro atoms. The van der Waals surface area contributed by atoms with Crippen LogP contribution in [0.5, 0.6) is 0 Å². The van der Waals surface area contributed by atoms with Crippen LogP contribution in [0.15, 0.2) is 4.52 Å². The summed E-state index contributed by atoms with van der Waals surface area (Å²) < 4.78 is 15.6. The molecule has 1 saturated heterocycles. The van der Waals surface area contributed by atoms with Crippen LogP contribution in [0, 0.1) is 0 Å². The topological polar surface area (TPSA) is 69.4 Å². The summed E-state index contributed by atoms with van der Waals surface area (Å²) in [6.45, 7) is 3.93. The molecule has 96 valence electrons. The van der Waals surface area contributed by atoms with Crippen LogP contribution < -0.4 is 5.32 Å². The van der Waals surface area contributed by atoms with Gasteiger partial charge in [-0.3, -0.25) is 0 Å². The van der Waals surface area contributed by atoms with Gasteiger partial charge in [0, 0.05) is 19.8 Å². The summed E-state index contributed by atoms with van der Waals surface area (Å²) in [6.07, 6.45) is 2.57. The van der Waals surface area contributed by atoms with Crippen molar-refractivity contribution in [1.29, 1.82) is 0 Å². The van der Waals surface area contributed by atoms with Gasteiger partial charge in [0.2, 0.25) is 5.89 Å². The third kappa shape index (κ3) is 3.49. The molecule has 1 N–H and O–H groups in total. The molecule has 2 rings (SSSR count). The SMILES string of the molecule is COCc1noc(CN[C@@H](C)[C@H]2CCCO2)n1. The number of nitrogens with zero attached hydrogens (tertiary/aromatic N) is 2. The maximum atomic E-state index is 5.60. The first kappa shape index (κ1) is 12.5. The van der Waals surface area contributed by atoms with Gasteiger partial charge in [-0.15, -0.1) is 0 Å². The summed E-state index contributed by atoms with van der Waals surface area (Å²) in [4.78, 5) is 4.19. The molecule has 1 fully saturated rings. The minimum Gasteiger partial charge on any atom is -0.377 e. The predicted octanol–water partition coefficient (Wildman–Crippen LogP) is 0.873. The second-order valence-corrected chi connectivity index (χ2v) is 4.26. The van der Waals surface area contributed by atoms with Crippen LogP contribution in [0.3, 0.4) is 0 Å². The van der Waals surface area contributed by atoms with Crippen molar-refractivity contribution < 1.29 is 14.0 Å². The first-order valence-electron chi connectivity index (χ1n) is 5.95. The Morgan fingerprint density at radius 2 is 2.47 bits per heavy atom. The molecule has 0 unspecified atom stereocenters. The summed E-state index contributed by atoms with van der Waals surface area (Å²) in [5, 5.41) is 7.13. The zero-order valence-electron chi connectivity index (χ0n) is 10.3. The first-order chi connectivity index (χ1) is 8.29. The fraction of sp³-hybridized carbons (Fsp3) is 0.818. The normalized spacial score (nSPS) is 21.9. The Hall–Kier alpha value is -0.980. The monoisotopic (exact) mass is 241 g/mol. The third-order valence-corrected chi connectivity index (χ3v) is 2.88. The van der Waals surface area contributed by atoms with E-state index in [2.05, 4.69) is 22.4 Å². The molecule has 0 amide bonds. The second-order valence-electron chi connectivity index (χ2n) is 4.26. The number of nitrogens with one attached hydrogen (secondary N) is 1. The van der Waals surface area contributed by atoms with Crippen LogP contribution >= 0.6 is 0 Å². The summed E-state index contributed by atoms with van der Waals surface area (Å²) in [6, 6.07) is 0.301. The highest BCUT2D eigenvalue weighted by Gasteiger charge is 2.22. The van der Waals surface area contributed by atoms with Gasteiger partial charge in [-0.25, -0.2) is 0 Å². The van der Waals surface area contributed by atoms with Crippen molar-refractivity contribution in [3.8, 4) is 0 Å². The van der Waals surface area contributed by atoms with Crippen molar-refractivity contribution in [2.45, 2.75) is 45.1 Å². The molecule has 1 aromatic rings. The molecule has 1 aromatic heterocycles. The lowest BCUT2D eigenvalue weighted by Gasteiger charge is -2.18. The molecular weight excluding hydrogens is 222 g/mol. The molecule has 17 heavy (non-hydrogen) atoms. The number of rotatable bonds is 6. The fourth-order valence-corrected chi connectivity index (χ4v) is 1.93. The Balaban J connectivity index is 1.76. The second kappa shape index (κ2) is 6.09. The van der Waals surface area contributed by atoms with E-state index in [1.807, 2.05) is 0 Å². The zero-order chi connectivity index (χ0) is 12.1. The van der Waals surface area contributed by atoms with Gasteiger partial charge < -0.3 is 19.3 Å². The van der Waals surface area contributed by atoms with E-state index in [-0.39, 0.29) is 0 Å². The lowest BCUT2D eigenvalue weighted by molar-refractivity contribution is 0.0822. The van der Waals surface area contributed by atoms with Gasteiger partial charge in [-0.2, -0.15) is 4.98 Å². The van der Waals surface area contributed by atoms with Gasteiger partial charge >= 0.3 is 0 Å². The van der Waals surface area contributed by atoms with E-state index in [1.54, 1.807) is 7.11 Å². The van der Waals surface area contributed by atoms with Crippen LogP contribution in [0.4, 0.5) is 0 Å². The summed E-state index contributed by atoms with van der Waals surface area (Å²) >= 11 is 0. The van der Waals surface area contributed by atoms with Gasteiger partial charge in [0.15, 0.2) is 5.82 Å². The molecule has 2 atom stereocenters. The maximum absolute atomic E-state index is 5.60. The smallest absolute Gasteiger partial charge is 0.240 e. The Morgan fingerprint density at radius 1 is 1.59 bits per heavy atom. The van der Waals surface area contributed by atoms with Gasteiger partial charge in [0.05, 0.1) is 12.6 Å². The Morgan fingerprint density at radius 3 is 3.18 bits per heavy atom. The number of ether oxygens (including phenoxy) is 2. The third-order valence-electron chi connectivity index (χ3n) is 2.88. The van der Waals surface area contributed by atoms with Crippen LogP contribution in [-0.4, -0.2) is 36.0 Å². The van der Waals surface area contributed by atoms with Crippen molar-refractivity contribution >= 4 is 0 Å². The van der Waals surface area contributed by atoms with Gasteiger partial charge in [-0.05, 0) is 19.8 Å². The van der Waals surface area contributed by atoms with E-state index >= 15 is 0 Å². The maximum Gasteiger partial charge on any atom is 0.240 e. The minimum atomic E-state index is 0.301. The lowest BCUT2D eigenvalue weighted by atomic mass is 10.1. The zero-order valence-corrected chi connectivity index (χ0v) is 10.3. The van der Waals surface area contributed by atoms with Crippen molar-refractivity contribution in [1.82, 2.24) is 15.5 Å². The molecule has 2 heterocycles. The van der Waals surface area contributed by atoms with E-state index < -0.39 is 0 Å². The van der Waals surface area contributed by atoms with Crippen LogP contribution in [0.25, 0.3) is 0 Å². The number of aromatic nitrogens is 2. The van der Waals surface area contributed by atoms with Crippen LogP contribution in [0.2, 0.25) is 0 Å². The first-order valence-corrected chi connectivity index (χ1v) is 5.95. The molecule has 0 bridgehead atoms. The van der Waals surface area contributed by atoms with Crippen molar-refractivity contribution in [2.75, 3.05) is 13.7 Å².